The summed E-state index contributed by atoms with van der Waals surface area (Å²) < 4.78 is 0. The van der Waals surface area contributed by atoms with E-state index in [4.69, 9.17) is 0 Å². The van der Waals surface area contributed by atoms with Crippen LogP contribution in [0.25, 0.3) is 0 Å². The number of rotatable bonds is 4. The van der Waals surface area contributed by atoms with Crippen molar-refractivity contribution in [3.63, 3.8) is 0 Å². The molecule has 13 heavy (non-hydrogen) atoms. The van der Waals surface area contributed by atoms with Crippen molar-refractivity contribution in [1.82, 2.24) is 10.2 Å². The van der Waals surface area contributed by atoms with Crippen LogP contribution >= 0.6 is 0 Å². The van der Waals surface area contributed by atoms with Crippen molar-refractivity contribution in [2.75, 3.05) is 20.1 Å². The summed E-state index contributed by atoms with van der Waals surface area (Å²) in [6.07, 6.45) is 5.67. The van der Waals surface area contributed by atoms with Gasteiger partial charge in [-0.2, -0.15) is 0 Å². The van der Waals surface area contributed by atoms with Crippen molar-refractivity contribution >= 4 is 0 Å². The first-order valence-corrected chi connectivity index (χ1v) is 5.71. The van der Waals surface area contributed by atoms with E-state index in [1.165, 1.54) is 38.8 Å². The maximum Gasteiger partial charge on any atom is 0.0195 e. The van der Waals surface area contributed by atoms with Gasteiger partial charge in [-0.25, -0.2) is 0 Å². The average molecular weight is 182 g/mol. The van der Waals surface area contributed by atoms with Crippen molar-refractivity contribution in [2.45, 2.75) is 44.7 Å². The quantitative estimate of drug-likeness (QED) is 0.708. The lowest BCUT2D eigenvalue weighted by atomic mass is 10.1. The molecule has 2 heteroatoms. The molecular formula is C11H22N2. The van der Waals surface area contributed by atoms with Gasteiger partial charge in [-0.3, -0.25) is 0 Å². The fourth-order valence-electron chi connectivity index (χ4n) is 2.36. The van der Waals surface area contributed by atoms with Crippen molar-refractivity contribution < 1.29 is 0 Å². The molecule has 0 aromatic carbocycles. The number of hydrogen-bond acceptors (Lipinski definition) is 2. The van der Waals surface area contributed by atoms with Gasteiger partial charge in [0, 0.05) is 18.6 Å². The van der Waals surface area contributed by atoms with E-state index in [1.54, 1.807) is 0 Å². The van der Waals surface area contributed by atoms with Gasteiger partial charge in [0.25, 0.3) is 0 Å². The van der Waals surface area contributed by atoms with E-state index in [0.717, 1.165) is 18.0 Å². The van der Waals surface area contributed by atoms with E-state index in [9.17, 15) is 0 Å². The van der Waals surface area contributed by atoms with Crippen molar-refractivity contribution in [3.8, 4) is 0 Å². The third-order valence-corrected chi connectivity index (χ3v) is 3.67. The Morgan fingerprint density at radius 2 is 2.15 bits per heavy atom. The Balaban J connectivity index is 1.72. The van der Waals surface area contributed by atoms with Crippen molar-refractivity contribution in [2.24, 2.45) is 5.92 Å². The summed E-state index contributed by atoms with van der Waals surface area (Å²) in [7, 11) is 2.28. The minimum atomic E-state index is 0.770. The fraction of sp³-hybridized carbons (Fsp3) is 1.00. The lowest BCUT2D eigenvalue weighted by Gasteiger charge is -2.27. The molecule has 0 bridgehead atoms. The normalized spacial score (nSPS) is 31.2. The number of hydrogen-bond donors (Lipinski definition) is 1. The minimum absolute atomic E-state index is 0.770. The Bertz CT molecular complexity index is 159. The van der Waals surface area contributed by atoms with E-state index in [-0.39, 0.29) is 0 Å². The van der Waals surface area contributed by atoms with Gasteiger partial charge in [-0.05, 0) is 52.1 Å². The zero-order valence-electron chi connectivity index (χ0n) is 8.92. The smallest absolute Gasteiger partial charge is 0.0195 e. The van der Waals surface area contributed by atoms with Crippen LogP contribution in [0, 0.1) is 5.92 Å². The van der Waals surface area contributed by atoms with E-state index >= 15 is 0 Å². The molecule has 0 amide bonds. The van der Waals surface area contributed by atoms with Gasteiger partial charge >= 0.3 is 0 Å². The predicted octanol–water partition coefficient (Wildman–Crippen LogP) is 1.47. The third kappa shape index (κ3) is 2.44. The van der Waals surface area contributed by atoms with Gasteiger partial charge in [-0.1, -0.05) is 0 Å². The Kier molecular flexibility index (Phi) is 2.89. The second-order valence-electron chi connectivity index (χ2n) is 4.81. The third-order valence-electron chi connectivity index (χ3n) is 3.67. The highest BCUT2D eigenvalue weighted by atomic mass is 15.2. The summed E-state index contributed by atoms with van der Waals surface area (Å²) in [6, 6.07) is 1.58. The van der Waals surface area contributed by atoms with Gasteiger partial charge in [0.15, 0.2) is 0 Å². The van der Waals surface area contributed by atoms with Crippen molar-refractivity contribution in [3.05, 3.63) is 0 Å². The Morgan fingerprint density at radius 3 is 2.69 bits per heavy atom. The molecule has 2 aliphatic rings. The SMILES string of the molecule is CC(C1CC1)N(C)CC1CCCN1. The first-order chi connectivity index (χ1) is 6.27. The largest absolute Gasteiger partial charge is 0.313 e. The highest BCUT2D eigenvalue weighted by molar-refractivity contribution is 4.86. The van der Waals surface area contributed by atoms with Crippen LogP contribution in [0.2, 0.25) is 0 Å². The molecule has 2 nitrogen and oxygen atoms in total. The second kappa shape index (κ2) is 3.97. The summed E-state index contributed by atoms with van der Waals surface area (Å²) in [5.74, 6) is 1.01. The van der Waals surface area contributed by atoms with Crippen LogP contribution in [0.3, 0.4) is 0 Å². The molecule has 76 valence electrons. The summed E-state index contributed by atoms with van der Waals surface area (Å²) >= 11 is 0. The molecule has 1 aliphatic heterocycles. The molecule has 2 atom stereocenters. The minimum Gasteiger partial charge on any atom is -0.313 e. The number of nitrogens with zero attached hydrogens (tertiary/aromatic N) is 1. The Morgan fingerprint density at radius 1 is 1.38 bits per heavy atom. The molecule has 2 fully saturated rings. The van der Waals surface area contributed by atoms with Gasteiger partial charge in [0.2, 0.25) is 0 Å². The molecule has 0 aromatic rings. The van der Waals surface area contributed by atoms with Crippen LogP contribution in [0.1, 0.15) is 32.6 Å². The Hall–Kier alpha value is -0.0800. The maximum absolute atomic E-state index is 3.56. The number of nitrogens with one attached hydrogen (secondary N) is 1. The molecule has 1 N–H and O–H groups in total. The topological polar surface area (TPSA) is 15.3 Å². The first kappa shape index (κ1) is 9.47. The summed E-state index contributed by atoms with van der Waals surface area (Å²) in [6.45, 7) is 4.86. The zero-order chi connectivity index (χ0) is 9.26. The highest BCUT2D eigenvalue weighted by Crippen LogP contribution is 2.34. The first-order valence-electron chi connectivity index (χ1n) is 5.71. The predicted molar refractivity (Wildman–Crippen MR) is 55.8 cm³/mol. The van der Waals surface area contributed by atoms with Crippen LogP contribution < -0.4 is 5.32 Å². The van der Waals surface area contributed by atoms with Crippen LogP contribution in [-0.2, 0) is 0 Å². The molecule has 1 aliphatic carbocycles. The molecule has 2 unspecified atom stereocenters. The summed E-state index contributed by atoms with van der Waals surface area (Å²) in [5, 5.41) is 3.56. The summed E-state index contributed by atoms with van der Waals surface area (Å²) in [4.78, 5) is 2.54. The lowest BCUT2D eigenvalue weighted by molar-refractivity contribution is 0.215. The molecule has 0 aromatic heterocycles. The molecule has 1 saturated heterocycles. The van der Waals surface area contributed by atoms with Gasteiger partial charge in [-0.15, -0.1) is 0 Å². The monoisotopic (exact) mass is 182 g/mol. The molecule has 1 heterocycles. The van der Waals surface area contributed by atoms with Crippen LogP contribution in [0.4, 0.5) is 0 Å². The van der Waals surface area contributed by atoms with Gasteiger partial charge in [0.05, 0.1) is 0 Å². The highest BCUT2D eigenvalue weighted by Gasteiger charge is 2.31. The van der Waals surface area contributed by atoms with Crippen molar-refractivity contribution in [1.29, 1.82) is 0 Å². The fourth-order valence-corrected chi connectivity index (χ4v) is 2.36. The molecular weight excluding hydrogens is 160 g/mol. The average Bonchev–Trinajstić information content (AvgIpc) is 2.85. The lowest BCUT2D eigenvalue weighted by Crippen LogP contribution is -2.40. The van der Waals surface area contributed by atoms with E-state index in [2.05, 4.69) is 24.2 Å². The summed E-state index contributed by atoms with van der Waals surface area (Å²) in [5.41, 5.74) is 0. The van der Waals surface area contributed by atoms with E-state index in [1.807, 2.05) is 0 Å². The van der Waals surface area contributed by atoms with E-state index in [0.29, 0.717) is 0 Å². The van der Waals surface area contributed by atoms with Crippen LogP contribution in [0.5, 0.6) is 0 Å². The molecule has 1 saturated carbocycles. The number of likely N-dealkylation sites (N-methyl/N-ethyl adjacent to an activating group) is 1. The van der Waals surface area contributed by atoms with Crippen LogP contribution in [0.15, 0.2) is 0 Å². The molecule has 0 spiro atoms. The molecule has 0 radical (unpaired) electrons. The Labute approximate surface area is 81.7 Å². The van der Waals surface area contributed by atoms with E-state index < -0.39 is 0 Å². The standard InChI is InChI=1S/C11H22N2/c1-9(10-5-6-10)13(2)8-11-4-3-7-12-11/h9-12H,3-8H2,1-2H3. The second-order valence-corrected chi connectivity index (χ2v) is 4.81. The molecule has 2 rings (SSSR count). The zero-order valence-corrected chi connectivity index (χ0v) is 8.92. The maximum atomic E-state index is 3.56. The van der Waals surface area contributed by atoms with Crippen LogP contribution in [-0.4, -0.2) is 37.1 Å². The van der Waals surface area contributed by atoms with Gasteiger partial charge < -0.3 is 10.2 Å². The van der Waals surface area contributed by atoms with Gasteiger partial charge in [0.1, 0.15) is 0 Å².